The fourth-order valence-corrected chi connectivity index (χ4v) is 3.72. The smallest absolute Gasteiger partial charge is 0.253 e. The maximum atomic E-state index is 12.3. The van der Waals surface area contributed by atoms with Crippen molar-refractivity contribution in [2.45, 2.75) is 19.4 Å². The van der Waals surface area contributed by atoms with Crippen molar-refractivity contribution >= 4 is 38.9 Å². The molecule has 4 heteroatoms. The van der Waals surface area contributed by atoms with Crippen LogP contribution >= 0.6 is 22.9 Å². The summed E-state index contributed by atoms with van der Waals surface area (Å²) in [6.45, 7) is 2.02. The average Bonchev–Trinajstić information content (AvgIpc) is 2.91. The normalized spacial score (nSPS) is 12.3. The van der Waals surface area contributed by atoms with Gasteiger partial charge in [0, 0.05) is 10.7 Å². The van der Waals surface area contributed by atoms with Gasteiger partial charge >= 0.3 is 0 Å². The van der Waals surface area contributed by atoms with Gasteiger partial charge in [0.1, 0.15) is 0 Å². The van der Waals surface area contributed by atoms with Crippen LogP contribution in [0.3, 0.4) is 0 Å². The van der Waals surface area contributed by atoms with Gasteiger partial charge in [-0.1, -0.05) is 41.9 Å². The van der Waals surface area contributed by atoms with Gasteiger partial charge in [0.25, 0.3) is 5.91 Å². The Hall–Kier alpha value is -1.84. The lowest BCUT2D eigenvalue weighted by Gasteiger charge is -2.14. The van der Waals surface area contributed by atoms with E-state index in [0.717, 1.165) is 6.42 Å². The minimum absolute atomic E-state index is 0.0433. The van der Waals surface area contributed by atoms with Crippen LogP contribution in [0.15, 0.2) is 53.9 Å². The quantitative estimate of drug-likeness (QED) is 0.723. The van der Waals surface area contributed by atoms with Crippen molar-refractivity contribution in [1.82, 2.24) is 5.32 Å². The summed E-state index contributed by atoms with van der Waals surface area (Å²) < 4.78 is 1.28. The largest absolute Gasteiger partial charge is 0.349 e. The van der Waals surface area contributed by atoms with Crippen LogP contribution in [-0.2, 0) is 6.42 Å². The van der Waals surface area contributed by atoms with E-state index < -0.39 is 0 Å². The summed E-state index contributed by atoms with van der Waals surface area (Å²) in [5.41, 5.74) is 1.79. The number of hydrogen-bond acceptors (Lipinski definition) is 2. The van der Waals surface area contributed by atoms with Gasteiger partial charge in [-0.2, -0.15) is 0 Å². The SMILES string of the molecule is C[C@@H](Cc1csc2ccccc12)NC(=O)c1ccccc1Cl. The monoisotopic (exact) mass is 329 g/mol. The molecule has 22 heavy (non-hydrogen) atoms. The zero-order chi connectivity index (χ0) is 15.5. The molecule has 1 aromatic heterocycles. The van der Waals surface area contributed by atoms with Crippen molar-refractivity contribution in [2.24, 2.45) is 0 Å². The van der Waals surface area contributed by atoms with Crippen LogP contribution in [0.4, 0.5) is 0 Å². The van der Waals surface area contributed by atoms with E-state index in [-0.39, 0.29) is 11.9 Å². The number of fused-ring (bicyclic) bond motifs is 1. The molecule has 0 radical (unpaired) electrons. The van der Waals surface area contributed by atoms with Crippen molar-refractivity contribution in [2.75, 3.05) is 0 Å². The molecule has 1 heterocycles. The Morgan fingerprint density at radius 3 is 2.73 bits per heavy atom. The Bertz CT molecular complexity index is 811. The highest BCUT2D eigenvalue weighted by Gasteiger charge is 2.14. The zero-order valence-corrected chi connectivity index (χ0v) is 13.7. The molecule has 0 unspecified atom stereocenters. The third-order valence-corrected chi connectivity index (χ3v) is 4.93. The van der Waals surface area contributed by atoms with Crippen molar-refractivity contribution in [3.8, 4) is 0 Å². The molecule has 2 aromatic carbocycles. The molecule has 0 saturated carbocycles. The van der Waals surface area contributed by atoms with E-state index in [2.05, 4.69) is 22.8 Å². The summed E-state index contributed by atoms with van der Waals surface area (Å²) in [7, 11) is 0. The molecule has 1 amide bonds. The molecule has 3 rings (SSSR count). The minimum atomic E-state index is -0.127. The fourth-order valence-electron chi connectivity index (χ4n) is 2.52. The highest BCUT2D eigenvalue weighted by atomic mass is 35.5. The van der Waals surface area contributed by atoms with E-state index in [0.29, 0.717) is 10.6 Å². The Morgan fingerprint density at radius 1 is 1.18 bits per heavy atom. The topological polar surface area (TPSA) is 29.1 Å². The molecule has 2 nitrogen and oxygen atoms in total. The van der Waals surface area contributed by atoms with E-state index in [9.17, 15) is 4.79 Å². The zero-order valence-electron chi connectivity index (χ0n) is 12.2. The van der Waals surface area contributed by atoms with Crippen LogP contribution in [0.1, 0.15) is 22.8 Å². The van der Waals surface area contributed by atoms with Crippen LogP contribution in [0.2, 0.25) is 5.02 Å². The highest BCUT2D eigenvalue weighted by molar-refractivity contribution is 7.17. The molecular formula is C18H16ClNOS. The number of benzene rings is 2. The number of carbonyl (C=O) groups excluding carboxylic acids is 1. The summed E-state index contributed by atoms with van der Waals surface area (Å²) >= 11 is 7.80. The second kappa shape index (κ2) is 6.51. The summed E-state index contributed by atoms with van der Waals surface area (Å²) in [6.07, 6.45) is 0.806. The molecule has 1 atom stereocenters. The standard InChI is InChI=1S/C18H16ClNOS/c1-12(20-18(21)15-7-2-4-8-16(15)19)10-13-11-22-17-9-5-3-6-14(13)17/h2-9,11-12H,10H2,1H3,(H,20,21)/t12-/m0/s1. The fraction of sp³-hybridized carbons (Fsp3) is 0.167. The predicted molar refractivity (Wildman–Crippen MR) is 93.9 cm³/mol. The van der Waals surface area contributed by atoms with Crippen LogP contribution in [0.5, 0.6) is 0 Å². The first-order valence-electron chi connectivity index (χ1n) is 7.15. The van der Waals surface area contributed by atoms with Gasteiger partial charge in [-0.25, -0.2) is 0 Å². The maximum Gasteiger partial charge on any atom is 0.253 e. The summed E-state index contributed by atoms with van der Waals surface area (Å²) in [5.74, 6) is -0.127. The molecule has 0 aliphatic carbocycles. The second-order valence-corrected chi connectivity index (χ2v) is 6.63. The third kappa shape index (κ3) is 3.16. The number of hydrogen-bond donors (Lipinski definition) is 1. The van der Waals surface area contributed by atoms with Crippen molar-refractivity contribution in [1.29, 1.82) is 0 Å². The average molecular weight is 330 g/mol. The Labute approximate surface area is 138 Å². The maximum absolute atomic E-state index is 12.3. The van der Waals surface area contributed by atoms with Crippen molar-refractivity contribution in [3.63, 3.8) is 0 Å². The highest BCUT2D eigenvalue weighted by Crippen LogP contribution is 2.26. The molecule has 3 aromatic rings. The molecule has 0 spiro atoms. The first kappa shape index (κ1) is 15.1. The van der Waals surface area contributed by atoms with Crippen LogP contribution in [0.25, 0.3) is 10.1 Å². The van der Waals surface area contributed by atoms with Gasteiger partial charge in [-0.15, -0.1) is 11.3 Å². The van der Waals surface area contributed by atoms with E-state index in [1.54, 1.807) is 23.5 Å². The minimum Gasteiger partial charge on any atom is -0.349 e. The van der Waals surface area contributed by atoms with E-state index in [4.69, 9.17) is 11.6 Å². The number of amides is 1. The predicted octanol–water partition coefficient (Wildman–Crippen LogP) is 4.92. The second-order valence-electron chi connectivity index (χ2n) is 5.32. The van der Waals surface area contributed by atoms with Crippen molar-refractivity contribution in [3.05, 3.63) is 70.1 Å². The Morgan fingerprint density at radius 2 is 1.91 bits per heavy atom. The summed E-state index contributed by atoms with van der Waals surface area (Å²) in [4.78, 5) is 12.3. The molecule has 1 N–H and O–H groups in total. The van der Waals surface area contributed by atoms with E-state index in [1.165, 1.54) is 15.6 Å². The molecule has 0 saturated heterocycles. The molecule has 112 valence electrons. The molecular weight excluding hydrogens is 314 g/mol. The van der Waals surface area contributed by atoms with Crippen LogP contribution in [-0.4, -0.2) is 11.9 Å². The number of thiophene rings is 1. The van der Waals surface area contributed by atoms with E-state index in [1.807, 2.05) is 31.2 Å². The van der Waals surface area contributed by atoms with Gasteiger partial charge in [0.2, 0.25) is 0 Å². The summed E-state index contributed by atoms with van der Waals surface area (Å²) in [6, 6.07) is 15.5. The van der Waals surface area contributed by atoms with Crippen LogP contribution in [0, 0.1) is 0 Å². The first-order chi connectivity index (χ1) is 10.6. The first-order valence-corrected chi connectivity index (χ1v) is 8.41. The number of halogens is 1. The van der Waals surface area contributed by atoms with Crippen molar-refractivity contribution < 1.29 is 4.79 Å². The third-order valence-electron chi connectivity index (χ3n) is 3.58. The van der Waals surface area contributed by atoms with Gasteiger partial charge in [-0.3, -0.25) is 4.79 Å². The lowest BCUT2D eigenvalue weighted by molar-refractivity contribution is 0.0940. The van der Waals surface area contributed by atoms with Gasteiger partial charge in [-0.05, 0) is 47.9 Å². The Kier molecular flexibility index (Phi) is 4.46. The van der Waals surface area contributed by atoms with E-state index >= 15 is 0 Å². The lowest BCUT2D eigenvalue weighted by atomic mass is 10.1. The van der Waals surface area contributed by atoms with Gasteiger partial charge in [0.15, 0.2) is 0 Å². The molecule has 0 aliphatic heterocycles. The van der Waals surface area contributed by atoms with Gasteiger partial charge in [0.05, 0.1) is 10.6 Å². The lowest BCUT2D eigenvalue weighted by Crippen LogP contribution is -2.34. The number of rotatable bonds is 4. The van der Waals surface area contributed by atoms with Gasteiger partial charge < -0.3 is 5.32 Å². The number of carbonyl (C=O) groups is 1. The molecule has 0 bridgehead atoms. The number of nitrogens with one attached hydrogen (secondary N) is 1. The molecule has 0 aliphatic rings. The summed E-state index contributed by atoms with van der Waals surface area (Å²) in [5, 5.41) is 6.94. The van der Waals surface area contributed by atoms with Crippen LogP contribution < -0.4 is 5.32 Å². The molecule has 0 fully saturated rings. The Balaban J connectivity index is 1.71.